The largest absolute Gasteiger partial charge is 0.435 e. The highest BCUT2D eigenvalue weighted by Gasteiger charge is 2.21. The van der Waals surface area contributed by atoms with E-state index >= 15 is 0 Å². The SMILES string of the molecule is c1ccc(-c2ccc(N(c3ccc(-c4ccc5ccc6ccc7nc(-c8ccccc8)oc7c6c5c4)cc3)c3ccc4c(c3)-c3ccccc3C4)cc2)cc1. The highest BCUT2D eigenvalue weighted by atomic mass is 16.3. The van der Waals surface area contributed by atoms with Crippen molar-refractivity contribution in [2.45, 2.75) is 6.42 Å². The highest BCUT2D eigenvalue weighted by Crippen LogP contribution is 2.43. The Morgan fingerprint density at radius 1 is 0.418 bits per heavy atom. The summed E-state index contributed by atoms with van der Waals surface area (Å²) in [5.74, 6) is 0.638. The number of fused-ring (bicyclic) bond motifs is 8. The van der Waals surface area contributed by atoms with Gasteiger partial charge >= 0.3 is 0 Å². The second kappa shape index (κ2) is 12.7. The fourth-order valence-corrected chi connectivity index (χ4v) is 8.34. The Morgan fingerprint density at radius 2 is 0.982 bits per heavy atom. The molecule has 0 saturated carbocycles. The van der Waals surface area contributed by atoms with Crippen LogP contribution in [0.3, 0.4) is 0 Å². The normalized spacial score (nSPS) is 11.9. The van der Waals surface area contributed by atoms with Gasteiger partial charge in [0.05, 0.1) is 0 Å². The maximum atomic E-state index is 6.51. The molecule has 0 amide bonds. The van der Waals surface area contributed by atoms with Crippen LogP contribution in [0.5, 0.6) is 0 Å². The van der Waals surface area contributed by atoms with E-state index in [0.717, 1.165) is 67.4 Å². The van der Waals surface area contributed by atoms with E-state index in [9.17, 15) is 0 Å². The lowest BCUT2D eigenvalue weighted by atomic mass is 9.96. The molecule has 1 aliphatic carbocycles. The molecular weight excluding hydrogens is 669 g/mol. The third kappa shape index (κ3) is 5.40. The Morgan fingerprint density at radius 3 is 1.75 bits per heavy atom. The van der Waals surface area contributed by atoms with Gasteiger partial charge in [0.25, 0.3) is 0 Å². The second-order valence-electron chi connectivity index (χ2n) is 14.4. The van der Waals surface area contributed by atoms with Crippen LogP contribution in [0.25, 0.3) is 77.5 Å². The predicted octanol–water partition coefficient (Wildman–Crippen LogP) is 14.2. The first-order valence-corrected chi connectivity index (χ1v) is 18.8. The molecule has 0 atom stereocenters. The van der Waals surface area contributed by atoms with Gasteiger partial charge in [-0.05, 0) is 128 Å². The molecule has 1 aromatic heterocycles. The molecule has 9 aromatic carbocycles. The summed E-state index contributed by atoms with van der Waals surface area (Å²) in [6.45, 7) is 0. The Hall–Kier alpha value is -7.23. The van der Waals surface area contributed by atoms with E-state index in [4.69, 9.17) is 9.40 Å². The topological polar surface area (TPSA) is 29.3 Å². The smallest absolute Gasteiger partial charge is 0.227 e. The van der Waals surface area contributed by atoms with Crippen molar-refractivity contribution in [2.75, 3.05) is 4.90 Å². The summed E-state index contributed by atoms with van der Waals surface area (Å²) in [5.41, 5.74) is 16.1. The van der Waals surface area contributed by atoms with E-state index in [1.807, 2.05) is 30.3 Å². The third-order valence-corrected chi connectivity index (χ3v) is 11.1. The van der Waals surface area contributed by atoms with Crippen molar-refractivity contribution in [1.29, 1.82) is 0 Å². The molecule has 3 nitrogen and oxygen atoms in total. The zero-order valence-electron chi connectivity index (χ0n) is 30.0. The van der Waals surface area contributed by atoms with E-state index in [-0.39, 0.29) is 0 Å². The highest BCUT2D eigenvalue weighted by molar-refractivity contribution is 6.18. The van der Waals surface area contributed by atoms with E-state index in [0.29, 0.717) is 5.89 Å². The molecule has 0 bridgehead atoms. The molecule has 1 heterocycles. The minimum Gasteiger partial charge on any atom is -0.435 e. The van der Waals surface area contributed by atoms with Crippen molar-refractivity contribution in [2.24, 2.45) is 0 Å². The average molecular weight is 703 g/mol. The van der Waals surface area contributed by atoms with Crippen LogP contribution in [0.1, 0.15) is 11.1 Å². The molecule has 55 heavy (non-hydrogen) atoms. The summed E-state index contributed by atoms with van der Waals surface area (Å²) in [6.07, 6.45) is 0.976. The van der Waals surface area contributed by atoms with Crippen LogP contribution >= 0.6 is 0 Å². The van der Waals surface area contributed by atoms with E-state index < -0.39 is 0 Å². The van der Waals surface area contributed by atoms with E-state index in [1.165, 1.54) is 38.8 Å². The summed E-state index contributed by atoms with van der Waals surface area (Å²) in [5, 5.41) is 4.54. The fourth-order valence-electron chi connectivity index (χ4n) is 8.34. The Balaban J connectivity index is 1.01. The quantitative estimate of drug-likeness (QED) is 0.162. The van der Waals surface area contributed by atoms with E-state index in [2.05, 4.69) is 169 Å². The van der Waals surface area contributed by atoms with Crippen LogP contribution in [0.2, 0.25) is 0 Å². The standard InChI is InChI=1S/C52H34N2O/c1-3-9-34(10-4-1)35-19-25-43(26-20-35)54(45-29-23-42-31-41-13-7-8-14-46(41)47(42)33-45)44-27-21-36(22-28-44)40-18-16-37-15-17-38-24-30-49-51(50(38)48(37)32-40)55-52(53-49)39-11-5-2-6-12-39/h1-30,32-33H,31H2. The van der Waals surface area contributed by atoms with Crippen molar-refractivity contribution in [3.8, 4) is 44.8 Å². The van der Waals surface area contributed by atoms with Crippen LogP contribution in [-0.2, 0) is 6.42 Å². The molecular formula is C52H34N2O. The van der Waals surface area contributed by atoms with Gasteiger partial charge in [-0.25, -0.2) is 4.98 Å². The Labute approximate surface area is 319 Å². The average Bonchev–Trinajstić information content (AvgIpc) is 3.87. The van der Waals surface area contributed by atoms with Gasteiger partial charge in [-0.2, -0.15) is 0 Å². The first-order valence-electron chi connectivity index (χ1n) is 18.8. The van der Waals surface area contributed by atoms with Gasteiger partial charge < -0.3 is 9.32 Å². The van der Waals surface area contributed by atoms with Gasteiger partial charge in [-0.15, -0.1) is 0 Å². The predicted molar refractivity (Wildman–Crippen MR) is 228 cm³/mol. The van der Waals surface area contributed by atoms with E-state index in [1.54, 1.807) is 0 Å². The zero-order chi connectivity index (χ0) is 36.3. The maximum Gasteiger partial charge on any atom is 0.227 e. The van der Waals surface area contributed by atoms with Crippen LogP contribution in [0.15, 0.2) is 199 Å². The van der Waals surface area contributed by atoms with Crippen molar-refractivity contribution >= 4 is 49.7 Å². The van der Waals surface area contributed by atoms with Crippen molar-refractivity contribution in [3.05, 3.63) is 205 Å². The molecule has 0 N–H and O–H groups in total. The molecule has 0 saturated heterocycles. The van der Waals surface area contributed by atoms with Gasteiger partial charge in [0.2, 0.25) is 5.89 Å². The number of benzene rings is 9. The van der Waals surface area contributed by atoms with Crippen LogP contribution in [0.4, 0.5) is 17.1 Å². The molecule has 11 rings (SSSR count). The number of hydrogen-bond acceptors (Lipinski definition) is 3. The molecule has 1 aliphatic rings. The summed E-state index contributed by atoms with van der Waals surface area (Å²) in [7, 11) is 0. The summed E-state index contributed by atoms with van der Waals surface area (Å²) in [6, 6.07) is 69.6. The molecule has 0 radical (unpaired) electrons. The Bertz CT molecular complexity index is 3040. The van der Waals surface area contributed by atoms with Crippen molar-refractivity contribution in [1.82, 2.24) is 4.98 Å². The molecule has 10 aromatic rings. The first kappa shape index (κ1) is 31.3. The van der Waals surface area contributed by atoms with Crippen LogP contribution in [0, 0.1) is 0 Å². The van der Waals surface area contributed by atoms with Gasteiger partial charge in [0, 0.05) is 28.0 Å². The minimum atomic E-state index is 0.638. The van der Waals surface area contributed by atoms with Crippen LogP contribution in [-0.4, -0.2) is 4.98 Å². The third-order valence-electron chi connectivity index (χ3n) is 11.1. The zero-order valence-corrected chi connectivity index (χ0v) is 30.0. The van der Waals surface area contributed by atoms with Crippen LogP contribution < -0.4 is 4.90 Å². The fraction of sp³-hybridized carbons (Fsp3) is 0.0192. The lowest BCUT2D eigenvalue weighted by Gasteiger charge is -2.26. The van der Waals surface area contributed by atoms with Gasteiger partial charge in [-0.3, -0.25) is 0 Å². The molecule has 0 fully saturated rings. The number of anilines is 3. The molecule has 3 heteroatoms. The summed E-state index contributed by atoms with van der Waals surface area (Å²) >= 11 is 0. The summed E-state index contributed by atoms with van der Waals surface area (Å²) in [4.78, 5) is 7.25. The monoisotopic (exact) mass is 702 g/mol. The number of oxazole rings is 1. The lowest BCUT2D eigenvalue weighted by Crippen LogP contribution is -2.10. The molecule has 258 valence electrons. The maximum absolute atomic E-state index is 6.51. The number of hydrogen-bond donors (Lipinski definition) is 0. The number of aromatic nitrogens is 1. The minimum absolute atomic E-state index is 0.638. The lowest BCUT2D eigenvalue weighted by molar-refractivity contribution is 0.623. The van der Waals surface area contributed by atoms with Crippen molar-refractivity contribution in [3.63, 3.8) is 0 Å². The number of rotatable bonds is 6. The molecule has 0 spiro atoms. The van der Waals surface area contributed by atoms with Crippen molar-refractivity contribution < 1.29 is 4.42 Å². The first-order chi connectivity index (χ1) is 27.2. The van der Waals surface area contributed by atoms with Gasteiger partial charge in [0.15, 0.2) is 5.58 Å². The second-order valence-corrected chi connectivity index (χ2v) is 14.4. The van der Waals surface area contributed by atoms with Gasteiger partial charge in [0.1, 0.15) is 5.52 Å². The molecule has 0 unspecified atom stereocenters. The number of nitrogens with zero attached hydrogens (tertiary/aromatic N) is 2. The molecule has 0 aliphatic heterocycles. The van der Waals surface area contributed by atoms with Gasteiger partial charge in [-0.1, -0.05) is 133 Å². The summed E-state index contributed by atoms with van der Waals surface area (Å²) < 4.78 is 6.51. The Kier molecular flexibility index (Phi) is 7.24.